The van der Waals surface area contributed by atoms with Crippen molar-refractivity contribution in [1.82, 2.24) is 5.16 Å². The van der Waals surface area contributed by atoms with Crippen LogP contribution < -0.4 is 5.73 Å². The molecule has 17 heavy (non-hydrogen) atoms. The molecule has 1 heterocycles. The molecular weight excluding hydrogens is 250 g/mol. The van der Waals surface area contributed by atoms with Gasteiger partial charge in [-0.25, -0.2) is 8.78 Å². The zero-order chi connectivity index (χ0) is 12.6. The van der Waals surface area contributed by atoms with E-state index in [1.807, 2.05) is 0 Å². The third-order valence-corrected chi connectivity index (χ3v) is 2.66. The number of anilines is 1. The first-order valence-corrected chi connectivity index (χ1v) is 5.16. The zero-order valence-corrected chi connectivity index (χ0v) is 9.63. The smallest absolute Gasteiger partial charge is 0.272 e. The maximum Gasteiger partial charge on any atom is 0.272 e. The number of halogens is 3. The fraction of sp³-hybridized carbons (Fsp3) is 0.182. The van der Waals surface area contributed by atoms with Crippen LogP contribution in [0.2, 0.25) is 5.02 Å². The standard InChI is InChI=1S/C11H9ClF2N2O/c1-11(13,14)9-6(3-2-4-8(9)12)7-5-16-17-10(7)15/h2-5H,15H2,1H3. The van der Waals surface area contributed by atoms with E-state index in [1.165, 1.54) is 18.3 Å². The van der Waals surface area contributed by atoms with Crippen LogP contribution in [-0.4, -0.2) is 5.16 Å². The molecule has 0 fully saturated rings. The lowest BCUT2D eigenvalue weighted by atomic mass is 9.98. The van der Waals surface area contributed by atoms with Crippen molar-refractivity contribution in [2.45, 2.75) is 12.8 Å². The number of benzene rings is 1. The van der Waals surface area contributed by atoms with E-state index in [0.717, 1.165) is 6.92 Å². The van der Waals surface area contributed by atoms with Crippen molar-refractivity contribution >= 4 is 17.5 Å². The van der Waals surface area contributed by atoms with Crippen LogP contribution in [0.1, 0.15) is 12.5 Å². The lowest BCUT2D eigenvalue weighted by molar-refractivity contribution is 0.0182. The number of hydrogen-bond acceptors (Lipinski definition) is 3. The van der Waals surface area contributed by atoms with Crippen molar-refractivity contribution in [3.8, 4) is 11.1 Å². The number of nitrogen functional groups attached to an aromatic ring is 1. The van der Waals surface area contributed by atoms with Gasteiger partial charge < -0.3 is 10.3 Å². The lowest BCUT2D eigenvalue weighted by Crippen LogP contribution is -2.10. The predicted molar refractivity (Wildman–Crippen MR) is 60.9 cm³/mol. The number of aromatic nitrogens is 1. The highest BCUT2D eigenvalue weighted by atomic mass is 35.5. The van der Waals surface area contributed by atoms with Crippen molar-refractivity contribution < 1.29 is 13.3 Å². The Balaban J connectivity index is 2.71. The first-order chi connectivity index (χ1) is 7.91. The highest BCUT2D eigenvalue weighted by Gasteiger charge is 2.31. The number of hydrogen-bond donors (Lipinski definition) is 1. The molecule has 0 aliphatic heterocycles. The van der Waals surface area contributed by atoms with Gasteiger partial charge in [0.25, 0.3) is 5.92 Å². The molecule has 0 bridgehead atoms. The van der Waals surface area contributed by atoms with Crippen LogP contribution >= 0.6 is 11.6 Å². The second kappa shape index (κ2) is 4.00. The van der Waals surface area contributed by atoms with Gasteiger partial charge >= 0.3 is 0 Å². The molecule has 0 aliphatic rings. The molecule has 2 rings (SSSR count). The number of nitrogens with two attached hydrogens (primary N) is 1. The van der Waals surface area contributed by atoms with Crippen LogP contribution in [0.15, 0.2) is 28.9 Å². The largest absolute Gasteiger partial charge is 0.367 e. The Morgan fingerprint density at radius 3 is 2.59 bits per heavy atom. The number of alkyl halides is 2. The predicted octanol–water partition coefficient (Wildman–Crippen LogP) is 3.69. The maximum absolute atomic E-state index is 13.5. The molecule has 1 aromatic heterocycles. The van der Waals surface area contributed by atoms with E-state index in [-0.39, 0.29) is 22.0 Å². The zero-order valence-electron chi connectivity index (χ0n) is 8.88. The fourth-order valence-electron chi connectivity index (χ4n) is 1.65. The fourth-order valence-corrected chi connectivity index (χ4v) is 1.99. The van der Waals surface area contributed by atoms with E-state index in [9.17, 15) is 8.78 Å². The van der Waals surface area contributed by atoms with Crippen molar-refractivity contribution in [3.63, 3.8) is 0 Å². The van der Waals surface area contributed by atoms with Crippen LogP contribution in [0.5, 0.6) is 0 Å². The first kappa shape index (κ1) is 11.9. The third-order valence-electron chi connectivity index (χ3n) is 2.34. The summed E-state index contributed by atoms with van der Waals surface area (Å²) in [4.78, 5) is 0. The van der Waals surface area contributed by atoms with Crippen LogP contribution in [0.25, 0.3) is 11.1 Å². The molecule has 0 amide bonds. The summed E-state index contributed by atoms with van der Waals surface area (Å²) in [5.41, 5.74) is 5.77. The molecule has 0 unspecified atom stereocenters. The van der Waals surface area contributed by atoms with E-state index < -0.39 is 5.92 Å². The Kier molecular flexibility index (Phi) is 2.79. The summed E-state index contributed by atoms with van der Waals surface area (Å²) < 4.78 is 31.7. The summed E-state index contributed by atoms with van der Waals surface area (Å²) in [7, 11) is 0. The summed E-state index contributed by atoms with van der Waals surface area (Å²) in [6.45, 7) is 0.779. The van der Waals surface area contributed by atoms with Crippen LogP contribution in [-0.2, 0) is 5.92 Å². The molecule has 90 valence electrons. The molecule has 0 radical (unpaired) electrons. The molecular formula is C11H9ClF2N2O. The van der Waals surface area contributed by atoms with E-state index >= 15 is 0 Å². The lowest BCUT2D eigenvalue weighted by Gasteiger charge is -2.16. The topological polar surface area (TPSA) is 52.0 Å². The second-order valence-corrected chi connectivity index (χ2v) is 4.06. The summed E-state index contributed by atoms with van der Waals surface area (Å²) in [5.74, 6) is -3.09. The van der Waals surface area contributed by atoms with Crippen LogP contribution in [0.3, 0.4) is 0 Å². The normalized spacial score (nSPS) is 11.8. The molecule has 1 aromatic carbocycles. The Morgan fingerprint density at radius 1 is 1.35 bits per heavy atom. The second-order valence-electron chi connectivity index (χ2n) is 3.65. The number of nitrogens with zero attached hydrogens (tertiary/aromatic N) is 1. The molecule has 0 aliphatic carbocycles. The molecule has 6 heteroatoms. The average molecular weight is 259 g/mol. The van der Waals surface area contributed by atoms with Gasteiger partial charge in [-0.15, -0.1) is 0 Å². The SMILES string of the molecule is CC(F)(F)c1c(Cl)cccc1-c1cnoc1N. The molecule has 2 N–H and O–H groups in total. The van der Waals surface area contributed by atoms with Gasteiger partial charge in [0.2, 0.25) is 5.88 Å². The van der Waals surface area contributed by atoms with E-state index in [0.29, 0.717) is 5.56 Å². The molecule has 0 atom stereocenters. The summed E-state index contributed by atoms with van der Waals surface area (Å²) in [5, 5.41) is 3.44. The number of rotatable bonds is 2. The highest BCUT2D eigenvalue weighted by molar-refractivity contribution is 6.31. The minimum absolute atomic E-state index is 0.0160. The molecule has 3 nitrogen and oxygen atoms in total. The van der Waals surface area contributed by atoms with E-state index in [2.05, 4.69) is 9.68 Å². The van der Waals surface area contributed by atoms with Crippen molar-refractivity contribution in [3.05, 3.63) is 35.0 Å². The van der Waals surface area contributed by atoms with Crippen molar-refractivity contribution in [2.24, 2.45) is 0 Å². The minimum Gasteiger partial charge on any atom is -0.367 e. The van der Waals surface area contributed by atoms with Gasteiger partial charge in [-0.05, 0) is 11.6 Å². The summed E-state index contributed by atoms with van der Waals surface area (Å²) in [6, 6.07) is 4.47. The van der Waals surface area contributed by atoms with E-state index in [4.69, 9.17) is 17.3 Å². The van der Waals surface area contributed by atoms with Crippen LogP contribution in [0.4, 0.5) is 14.7 Å². The summed E-state index contributed by atoms with van der Waals surface area (Å²) in [6.07, 6.45) is 1.29. The monoisotopic (exact) mass is 258 g/mol. The van der Waals surface area contributed by atoms with Gasteiger partial charge in [-0.3, -0.25) is 0 Å². The molecule has 0 saturated heterocycles. The Morgan fingerprint density at radius 2 is 2.06 bits per heavy atom. The van der Waals surface area contributed by atoms with Gasteiger partial charge in [0.05, 0.1) is 16.8 Å². The molecule has 0 saturated carbocycles. The van der Waals surface area contributed by atoms with Gasteiger partial charge in [0.15, 0.2) is 0 Å². The Bertz CT molecular complexity index is 549. The van der Waals surface area contributed by atoms with Crippen molar-refractivity contribution in [2.75, 3.05) is 5.73 Å². The highest BCUT2D eigenvalue weighted by Crippen LogP contribution is 2.41. The Labute approximate surface area is 101 Å². The Hall–Kier alpha value is -1.62. The van der Waals surface area contributed by atoms with Gasteiger partial charge in [-0.2, -0.15) is 0 Å². The first-order valence-electron chi connectivity index (χ1n) is 4.78. The molecule has 2 aromatic rings. The van der Waals surface area contributed by atoms with Crippen LogP contribution in [0, 0.1) is 0 Å². The van der Waals surface area contributed by atoms with Gasteiger partial charge in [0, 0.05) is 12.5 Å². The maximum atomic E-state index is 13.5. The summed E-state index contributed by atoms with van der Waals surface area (Å²) >= 11 is 5.81. The average Bonchev–Trinajstić information content (AvgIpc) is 2.62. The quantitative estimate of drug-likeness (QED) is 0.894. The molecule has 0 spiro atoms. The van der Waals surface area contributed by atoms with Gasteiger partial charge in [0.1, 0.15) is 0 Å². The minimum atomic E-state index is -3.07. The van der Waals surface area contributed by atoms with Gasteiger partial charge in [-0.1, -0.05) is 28.9 Å². The van der Waals surface area contributed by atoms with Crippen molar-refractivity contribution in [1.29, 1.82) is 0 Å². The van der Waals surface area contributed by atoms with E-state index in [1.54, 1.807) is 6.07 Å². The third kappa shape index (κ3) is 2.10.